The van der Waals surface area contributed by atoms with Crippen molar-refractivity contribution in [2.45, 2.75) is 174 Å². The summed E-state index contributed by atoms with van der Waals surface area (Å²) in [5.41, 5.74) is 17.9. The molecule has 0 saturated carbocycles. The number of phenols is 1. The third-order valence-electron chi connectivity index (χ3n) is 26.3. The molecule has 16 rings (SSSR count). The number of nitrogens with one attached hydrogen (secondary N) is 4. The Hall–Kier alpha value is -10.0. The maximum atomic E-state index is 12.8. The van der Waals surface area contributed by atoms with Gasteiger partial charge in [-0.3, -0.25) is 24.2 Å². The van der Waals surface area contributed by atoms with Gasteiger partial charge in [0.15, 0.2) is 9.84 Å². The molecule has 0 radical (unpaired) electrons. The molecule has 8 aromatic rings. The smallest absolute Gasteiger partial charge is 0.272 e. The number of allylic oxidation sites excluding steroid dienone is 2. The number of rotatable bonds is 17. The lowest BCUT2D eigenvalue weighted by atomic mass is 9.68. The lowest BCUT2D eigenvalue weighted by Gasteiger charge is -2.42. The van der Waals surface area contributed by atoms with Crippen molar-refractivity contribution >= 4 is 50.2 Å². The average molecular weight is 1660 g/mol. The molecule has 19 heteroatoms. The van der Waals surface area contributed by atoms with E-state index in [9.17, 15) is 32.7 Å². The van der Waals surface area contributed by atoms with Crippen molar-refractivity contribution in [3.63, 3.8) is 0 Å². The quantitative estimate of drug-likeness (QED) is 0.0574. The number of sulfone groups is 1. The summed E-state index contributed by atoms with van der Waals surface area (Å²) in [6.07, 6.45) is 26.5. The van der Waals surface area contributed by atoms with E-state index in [0.717, 1.165) is 180 Å². The van der Waals surface area contributed by atoms with E-state index in [1.54, 1.807) is 24.3 Å². The van der Waals surface area contributed by atoms with Crippen molar-refractivity contribution in [1.29, 1.82) is 0 Å². The third kappa shape index (κ3) is 20.9. The molecule has 4 fully saturated rings. The number of carbonyl (C=O) groups is 4. The number of fused-ring (bicyclic) bond motifs is 4. The first-order valence-electron chi connectivity index (χ1n) is 44.8. The molecule has 4 spiro atoms. The van der Waals surface area contributed by atoms with Gasteiger partial charge in [0.1, 0.15) is 34.1 Å². The number of aromatic nitrogens is 1. The van der Waals surface area contributed by atoms with Crippen LogP contribution < -0.4 is 30.7 Å². The zero-order chi connectivity index (χ0) is 85.3. The Kier molecular flexibility index (Phi) is 29.6. The summed E-state index contributed by atoms with van der Waals surface area (Å²) in [4.78, 5) is 62.9. The lowest BCUT2D eigenvalue weighted by Crippen LogP contribution is -2.42. The summed E-state index contributed by atoms with van der Waals surface area (Å²) in [7, 11) is -3.33. The van der Waals surface area contributed by atoms with Gasteiger partial charge in [0.2, 0.25) is 0 Å². The van der Waals surface area contributed by atoms with E-state index in [4.69, 9.17) is 9.47 Å². The third-order valence-corrected chi connectivity index (χ3v) is 27.4. The summed E-state index contributed by atoms with van der Waals surface area (Å²) >= 11 is 0. The Morgan fingerprint density at radius 1 is 0.430 bits per heavy atom. The van der Waals surface area contributed by atoms with Crippen molar-refractivity contribution < 1.29 is 42.2 Å². The van der Waals surface area contributed by atoms with E-state index < -0.39 is 9.84 Å². The molecule has 5 N–H and O–H groups in total. The molecule has 8 aliphatic rings. The second kappa shape index (κ2) is 40.3. The van der Waals surface area contributed by atoms with Gasteiger partial charge in [0, 0.05) is 111 Å². The van der Waals surface area contributed by atoms with Crippen molar-refractivity contribution in [2.75, 3.05) is 111 Å². The minimum Gasteiger partial charge on any atom is -0.508 e. The maximum absolute atomic E-state index is 12.8. The van der Waals surface area contributed by atoms with Crippen molar-refractivity contribution in [3.8, 4) is 17.2 Å². The summed E-state index contributed by atoms with van der Waals surface area (Å²) in [5, 5.41) is 24.1. The molecule has 640 valence electrons. The Morgan fingerprint density at radius 2 is 0.868 bits per heavy atom. The first kappa shape index (κ1) is 88.8. The van der Waals surface area contributed by atoms with Crippen LogP contribution in [0.4, 0.5) is 0 Å². The summed E-state index contributed by atoms with van der Waals surface area (Å²) < 4.78 is 37.6. The molecule has 18 nitrogen and oxygen atoms in total. The number of nitrogens with zero attached hydrogens (tertiary/aromatic N) is 5. The number of carbonyl (C=O) groups excluding carboxylic acids is 4. The standard InChI is InChI=1S/C26H34N2O4S.C26H32N2O.C25H31N3O.C25H30N2O3/c1-4-28(5-2)25(29)20-9-7-19(8-10-20)23-18-26(13-6-15-27-16-14-26)32-24-12-11-21(17-22(23)24)33(3,30)31;1-3-28(4-2)25(29)21-12-10-20(11-13-21)24-19-26(14-7-16-27-17-15-26)18-22-8-5-6-9-23(22)24;1-3-28(4-2)24(29)23-11-10-20(18-27-23)22-17-25(12-7-14-26-15-13-25)16-19-8-5-6-9-21(19)22;1-3-27(4-2)24(29)19-8-6-18(7-9-19)22-17-25(12-5-14-26-15-13-25)30-23-11-10-20(28)16-21(22)23/h7-12,17,23,27H,4-6,13-16,18H2,1-3H3;5-6,8-13,19,27H,3-4,7,14-18H2,1-2H3;5-6,8-11,17-18,26H,3-4,7,12-16H2,1-2H3;6-11,16-17,26,28H,3-5,12-15H2,1-2H3. The Balaban J connectivity index is 0.000000139. The maximum Gasteiger partial charge on any atom is 0.272 e. The van der Waals surface area contributed by atoms with Gasteiger partial charge < -0.3 is 55.4 Å². The predicted molar refractivity (Wildman–Crippen MR) is 487 cm³/mol. The van der Waals surface area contributed by atoms with Gasteiger partial charge in [0.05, 0.1) is 4.90 Å². The van der Waals surface area contributed by atoms with Crippen LogP contribution in [0, 0.1) is 10.8 Å². The van der Waals surface area contributed by atoms with Crippen LogP contribution in [0.5, 0.6) is 17.2 Å². The number of ether oxygens (including phenoxy) is 2. The zero-order valence-corrected chi connectivity index (χ0v) is 73.6. The van der Waals surface area contributed by atoms with Crippen LogP contribution in [0.3, 0.4) is 0 Å². The number of amides is 4. The molecule has 7 heterocycles. The van der Waals surface area contributed by atoms with E-state index >= 15 is 0 Å². The summed E-state index contributed by atoms with van der Waals surface area (Å²) in [6, 6.07) is 56.0. The molecule has 2 aliphatic carbocycles. The molecule has 6 aliphatic heterocycles. The van der Waals surface area contributed by atoms with Crippen LogP contribution >= 0.6 is 0 Å². The molecule has 0 bridgehead atoms. The van der Waals surface area contributed by atoms with E-state index in [-0.39, 0.29) is 57.3 Å². The average Bonchev–Trinajstić information content (AvgIpc) is 1.54. The van der Waals surface area contributed by atoms with Crippen LogP contribution in [-0.2, 0) is 22.7 Å². The molecular weight excluding hydrogens is 1530 g/mol. The molecule has 1 aromatic heterocycles. The minimum absolute atomic E-state index is 0.00545. The van der Waals surface area contributed by atoms with Crippen molar-refractivity contribution in [3.05, 3.63) is 272 Å². The number of benzene rings is 7. The predicted octanol–water partition coefficient (Wildman–Crippen LogP) is 17.4. The second-order valence-corrected chi connectivity index (χ2v) is 36.0. The van der Waals surface area contributed by atoms with Crippen molar-refractivity contribution in [1.82, 2.24) is 45.9 Å². The Bertz CT molecular complexity index is 4940. The van der Waals surface area contributed by atoms with Crippen LogP contribution in [0.15, 0.2) is 199 Å². The van der Waals surface area contributed by atoms with Crippen LogP contribution in [-0.4, -0.2) is 184 Å². The Morgan fingerprint density at radius 3 is 1.36 bits per heavy atom. The largest absolute Gasteiger partial charge is 0.508 e. The summed E-state index contributed by atoms with van der Waals surface area (Å²) in [5.74, 6) is 2.00. The number of phenolic OH excluding ortho intramolecular Hbond substituents is 1. The number of hydrogen-bond donors (Lipinski definition) is 5. The highest BCUT2D eigenvalue weighted by Crippen LogP contribution is 2.51. The van der Waals surface area contributed by atoms with Gasteiger partial charge in [-0.2, -0.15) is 0 Å². The number of pyridine rings is 1. The molecule has 5 unspecified atom stereocenters. The highest BCUT2D eigenvalue weighted by Gasteiger charge is 2.44. The van der Waals surface area contributed by atoms with Gasteiger partial charge in [-0.05, 0) is 349 Å². The fraction of sp³-hybridized carbons (Fsp3) is 0.441. The first-order valence-corrected chi connectivity index (χ1v) is 46.7. The van der Waals surface area contributed by atoms with E-state index in [1.165, 1.54) is 77.3 Å². The SMILES string of the molecule is CCN(CC)C(=O)c1ccc(C2=CC3(CCCNCC3)Cc3ccccc32)cc1.CCN(CC)C(=O)c1ccc(C2=CC3(CCCNCC3)Cc3ccccc32)cn1.CCN(CC)C(=O)c1ccc(C2=CC3(CCCNCC3)Oc3ccc(O)cc32)cc1.CCN(CC)C(=O)c1ccc(C2CC3(CCCNCC3)Oc3ccc(S(C)(=O)=O)cc32)cc1. The van der Waals surface area contributed by atoms with E-state index in [2.05, 4.69) is 111 Å². The van der Waals surface area contributed by atoms with Gasteiger partial charge in [-0.1, -0.05) is 103 Å². The van der Waals surface area contributed by atoms with Crippen LogP contribution in [0.2, 0.25) is 0 Å². The first-order chi connectivity index (χ1) is 58.6. The topological polar surface area (TPSA) is 215 Å². The van der Waals surface area contributed by atoms with E-state index in [0.29, 0.717) is 61.0 Å². The lowest BCUT2D eigenvalue weighted by molar-refractivity contribution is 0.0280. The van der Waals surface area contributed by atoms with Crippen molar-refractivity contribution in [2.24, 2.45) is 10.8 Å². The molecule has 4 amide bonds. The fourth-order valence-corrected chi connectivity index (χ4v) is 20.0. The molecule has 121 heavy (non-hydrogen) atoms. The molecular formula is C102H127N9O9S. The molecule has 5 atom stereocenters. The summed E-state index contributed by atoms with van der Waals surface area (Å²) in [6.45, 7) is 29.8. The molecule has 4 saturated heterocycles. The van der Waals surface area contributed by atoms with Gasteiger partial charge in [-0.15, -0.1) is 0 Å². The van der Waals surface area contributed by atoms with E-state index in [1.807, 2.05) is 160 Å². The van der Waals surface area contributed by atoms with Gasteiger partial charge in [0.25, 0.3) is 23.6 Å². The zero-order valence-electron chi connectivity index (χ0n) is 72.8. The van der Waals surface area contributed by atoms with Gasteiger partial charge in [-0.25, -0.2) is 8.42 Å². The highest BCUT2D eigenvalue weighted by molar-refractivity contribution is 7.90. The monoisotopic (exact) mass is 1650 g/mol. The number of hydrogen-bond acceptors (Lipinski definition) is 14. The minimum atomic E-state index is -3.33. The fourth-order valence-electron chi connectivity index (χ4n) is 19.3. The number of aromatic hydroxyl groups is 1. The Labute approximate surface area is 719 Å². The second-order valence-electron chi connectivity index (χ2n) is 34.0. The molecule has 7 aromatic carbocycles. The van der Waals surface area contributed by atoms with Crippen LogP contribution in [0.25, 0.3) is 16.7 Å². The normalized spacial score (nSPS) is 21.5. The highest BCUT2D eigenvalue weighted by atomic mass is 32.2. The van der Waals surface area contributed by atoms with Gasteiger partial charge >= 0.3 is 0 Å². The van der Waals surface area contributed by atoms with Crippen LogP contribution in [0.1, 0.15) is 242 Å².